The van der Waals surface area contributed by atoms with Gasteiger partial charge in [-0.15, -0.1) is 0 Å². The van der Waals surface area contributed by atoms with Crippen molar-refractivity contribution in [3.05, 3.63) is 65.6 Å². The van der Waals surface area contributed by atoms with Gasteiger partial charge in [0.05, 0.1) is 24.8 Å². The highest BCUT2D eigenvalue weighted by Gasteiger charge is 2.23. The lowest BCUT2D eigenvalue weighted by Gasteiger charge is -2.35. The highest BCUT2D eigenvalue weighted by molar-refractivity contribution is 6.04. The second kappa shape index (κ2) is 10.3. The maximum atomic E-state index is 13.8. The van der Waals surface area contributed by atoms with Gasteiger partial charge in [0, 0.05) is 38.0 Å². The number of ether oxygens (including phenoxy) is 1. The summed E-state index contributed by atoms with van der Waals surface area (Å²) >= 11 is 0. The molecule has 1 saturated heterocycles. The Kier molecular flexibility index (Phi) is 7.08. The van der Waals surface area contributed by atoms with E-state index in [0.717, 1.165) is 16.5 Å². The molecule has 1 unspecified atom stereocenters. The molecule has 1 aliphatic heterocycles. The van der Waals surface area contributed by atoms with Crippen LogP contribution in [0, 0.1) is 5.82 Å². The molecule has 2 heterocycles. The van der Waals surface area contributed by atoms with Gasteiger partial charge in [0.2, 0.25) is 5.91 Å². The van der Waals surface area contributed by atoms with E-state index in [1.165, 1.54) is 12.1 Å². The smallest absolute Gasteiger partial charge is 0.272 e. The normalized spacial score (nSPS) is 15.4. The molecular weight excluding hydrogens is 413 g/mol. The van der Waals surface area contributed by atoms with Crippen LogP contribution in [0.3, 0.4) is 0 Å². The van der Waals surface area contributed by atoms with Crippen LogP contribution in [0.25, 0.3) is 10.9 Å². The van der Waals surface area contributed by atoms with E-state index >= 15 is 0 Å². The zero-order chi connectivity index (χ0) is 22.3. The van der Waals surface area contributed by atoms with Crippen molar-refractivity contribution < 1.29 is 18.7 Å². The van der Waals surface area contributed by atoms with E-state index in [2.05, 4.69) is 25.7 Å². The Labute approximate surface area is 185 Å². The molecule has 1 atom stereocenters. The minimum atomic E-state index is -0.332. The minimum Gasteiger partial charge on any atom is -0.379 e. The second-order valence-corrected chi connectivity index (χ2v) is 7.65. The molecule has 0 spiro atoms. The molecule has 32 heavy (non-hydrogen) atoms. The molecule has 3 N–H and O–H groups in total. The molecule has 1 aromatic heterocycles. The molecule has 1 aliphatic rings. The zero-order valence-electron chi connectivity index (χ0n) is 17.6. The van der Waals surface area contributed by atoms with E-state index in [-0.39, 0.29) is 36.6 Å². The van der Waals surface area contributed by atoms with E-state index < -0.39 is 0 Å². The molecule has 1 fully saturated rings. The first-order valence-corrected chi connectivity index (χ1v) is 10.7. The Balaban J connectivity index is 1.30. The monoisotopic (exact) mass is 439 g/mol. The van der Waals surface area contributed by atoms with Crippen molar-refractivity contribution in [2.45, 2.75) is 12.5 Å². The Bertz CT molecular complexity index is 1080. The number of hydrogen-bond acceptors (Lipinski definition) is 5. The van der Waals surface area contributed by atoms with Gasteiger partial charge in [-0.2, -0.15) is 5.10 Å². The lowest BCUT2D eigenvalue weighted by Crippen LogP contribution is -2.44. The number of H-pyrrole nitrogens is 1. The van der Waals surface area contributed by atoms with Crippen LogP contribution in [0.2, 0.25) is 0 Å². The number of carbonyl (C=O) groups excluding carboxylic acids is 2. The molecule has 2 amide bonds. The number of fused-ring (bicyclic) bond motifs is 1. The fourth-order valence-electron chi connectivity index (χ4n) is 3.87. The third-order valence-electron chi connectivity index (χ3n) is 5.54. The molecule has 0 radical (unpaired) electrons. The van der Waals surface area contributed by atoms with Crippen molar-refractivity contribution in [2.24, 2.45) is 0 Å². The summed E-state index contributed by atoms with van der Waals surface area (Å²) in [7, 11) is 0. The number of carbonyl (C=O) groups is 2. The molecule has 168 valence electrons. The van der Waals surface area contributed by atoms with Gasteiger partial charge in [-0.3, -0.25) is 19.6 Å². The largest absolute Gasteiger partial charge is 0.379 e. The van der Waals surface area contributed by atoms with E-state index in [1.54, 1.807) is 6.07 Å². The van der Waals surface area contributed by atoms with E-state index in [9.17, 15) is 14.0 Å². The number of nitrogens with one attached hydrogen (secondary N) is 3. The SMILES string of the molecule is O=C(CCNC(=O)c1n[nH]c2ccccc12)NCC(c1cccc(F)c1)N1CCOCC1. The number of halogens is 1. The van der Waals surface area contributed by atoms with Crippen LogP contribution in [-0.4, -0.2) is 66.3 Å². The summed E-state index contributed by atoms with van der Waals surface area (Å²) in [5.74, 6) is -0.825. The van der Waals surface area contributed by atoms with Gasteiger partial charge in [0.1, 0.15) is 5.82 Å². The number of benzene rings is 2. The summed E-state index contributed by atoms with van der Waals surface area (Å²) in [4.78, 5) is 27.0. The first kappa shape index (κ1) is 21.9. The highest BCUT2D eigenvalue weighted by Crippen LogP contribution is 2.22. The van der Waals surface area contributed by atoms with Crippen LogP contribution in [0.5, 0.6) is 0 Å². The summed E-state index contributed by atoms with van der Waals surface area (Å²) < 4.78 is 19.2. The molecule has 8 nitrogen and oxygen atoms in total. The number of para-hydroxylation sites is 1. The van der Waals surface area contributed by atoms with Crippen LogP contribution in [0.15, 0.2) is 48.5 Å². The zero-order valence-corrected chi connectivity index (χ0v) is 17.6. The molecule has 0 aliphatic carbocycles. The number of nitrogens with zero attached hydrogens (tertiary/aromatic N) is 2. The third kappa shape index (κ3) is 5.30. The van der Waals surface area contributed by atoms with Gasteiger partial charge in [0.25, 0.3) is 5.91 Å². The number of morpholine rings is 1. The Morgan fingerprint density at radius 2 is 1.94 bits per heavy atom. The van der Waals surface area contributed by atoms with Gasteiger partial charge in [0.15, 0.2) is 5.69 Å². The molecule has 3 aromatic rings. The molecular formula is C23H26FN5O3. The van der Waals surface area contributed by atoms with Crippen molar-refractivity contribution in [2.75, 3.05) is 39.4 Å². The number of amides is 2. The predicted molar refractivity (Wildman–Crippen MR) is 118 cm³/mol. The van der Waals surface area contributed by atoms with Crippen molar-refractivity contribution in [1.82, 2.24) is 25.7 Å². The lowest BCUT2D eigenvalue weighted by atomic mass is 10.0. The van der Waals surface area contributed by atoms with Crippen molar-refractivity contribution in [3.8, 4) is 0 Å². The fourth-order valence-corrected chi connectivity index (χ4v) is 3.87. The molecule has 4 rings (SSSR count). The van der Waals surface area contributed by atoms with Crippen LogP contribution in [0.1, 0.15) is 28.5 Å². The average Bonchev–Trinajstić information content (AvgIpc) is 3.24. The van der Waals surface area contributed by atoms with Crippen molar-refractivity contribution in [3.63, 3.8) is 0 Å². The maximum Gasteiger partial charge on any atom is 0.272 e. The fraction of sp³-hybridized carbons (Fsp3) is 0.348. The first-order chi connectivity index (χ1) is 15.6. The maximum absolute atomic E-state index is 13.8. The van der Waals surface area contributed by atoms with E-state index in [0.29, 0.717) is 38.5 Å². The third-order valence-corrected chi connectivity index (χ3v) is 5.54. The summed E-state index contributed by atoms with van der Waals surface area (Å²) in [5, 5.41) is 13.3. The molecule has 9 heteroatoms. The predicted octanol–water partition coefficient (Wildman–Crippen LogP) is 2.01. The summed E-state index contributed by atoms with van der Waals surface area (Å²) in [5.41, 5.74) is 1.90. The van der Waals surface area contributed by atoms with Gasteiger partial charge in [-0.1, -0.05) is 30.3 Å². The molecule has 0 bridgehead atoms. The van der Waals surface area contributed by atoms with Crippen LogP contribution in [-0.2, 0) is 9.53 Å². The van der Waals surface area contributed by atoms with Crippen LogP contribution >= 0.6 is 0 Å². The molecule has 2 aromatic carbocycles. The van der Waals surface area contributed by atoms with Crippen LogP contribution < -0.4 is 10.6 Å². The second-order valence-electron chi connectivity index (χ2n) is 7.65. The summed E-state index contributed by atoms with van der Waals surface area (Å²) in [6.45, 7) is 3.17. The number of rotatable bonds is 8. The molecule has 0 saturated carbocycles. The summed E-state index contributed by atoms with van der Waals surface area (Å²) in [6, 6.07) is 13.7. The van der Waals surface area contributed by atoms with Gasteiger partial charge >= 0.3 is 0 Å². The Morgan fingerprint density at radius 1 is 1.12 bits per heavy atom. The quantitative estimate of drug-likeness (QED) is 0.499. The first-order valence-electron chi connectivity index (χ1n) is 10.7. The number of aromatic nitrogens is 2. The average molecular weight is 439 g/mol. The van der Waals surface area contributed by atoms with Gasteiger partial charge in [-0.05, 0) is 23.8 Å². The highest BCUT2D eigenvalue weighted by atomic mass is 19.1. The van der Waals surface area contributed by atoms with E-state index in [4.69, 9.17) is 4.74 Å². The Hall–Kier alpha value is -3.30. The van der Waals surface area contributed by atoms with Gasteiger partial charge in [-0.25, -0.2) is 4.39 Å². The van der Waals surface area contributed by atoms with Gasteiger partial charge < -0.3 is 15.4 Å². The van der Waals surface area contributed by atoms with Crippen molar-refractivity contribution in [1.29, 1.82) is 0 Å². The van der Waals surface area contributed by atoms with Crippen LogP contribution in [0.4, 0.5) is 4.39 Å². The number of aromatic amines is 1. The number of hydrogen-bond donors (Lipinski definition) is 3. The Morgan fingerprint density at radius 3 is 2.75 bits per heavy atom. The summed E-state index contributed by atoms with van der Waals surface area (Å²) in [6.07, 6.45) is 0.132. The topological polar surface area (TPSA) is 99.3 Å². The van der Waals surface area contributed by atoms with E-state index in [1.807, 2.05) is 30.3 Å². The minimum absolute atomic E-state index is 0.132. The standard InChI is InChI=1S/C23H26FN5O3/c24-17-5-3-4-16(14-17)20(29-10-12-32-13-11-29)15-26-21(30)8-9-25-23(31)22-18-6-1-2-7-19(18)27-28-22/h1-7,14,20H,8-13,15H2,(H,25,31)(H,26,30)(H,27,28). The van der Waals surface area contributed by atoms with Crippen molar-refractivity contribution >= 4 is 22.7 Å². The lowest BCUT2D eigenvalue weighted by molar-refractivity contribution is -0.121.